The van der Waals surface area contributed by atoms with E-state index in [0.29, 0.717) is 17.0 Å². The largest absolute Gasteiger partial charge is 0.468 e. The van der Waals surface area contributed by atoms with Crippen molar-refractivity contribution in [3.8, 4) is 0 Å². The van der Waals surface area contributed by atoms with Crippen LogP contribution in [0.4, 0.5) is 5.69 Å². The minimum Gasteiger partial charge on any atom is -0.468 e. The van der Waals surface area contributed by atoms with E-state index in [1.54, 1.807) is 36.4 Å². The van der Waals surface area contributed by atoms with Gasteiger partial charge in [0.15, 0.2) is 11.9 Å². The Hall–Kier alpha value is -3.76. The molecule has 0 fully saturated rings. The number of carbonyl (C=O) groups is 3. The Labute approximate surface area is 190 Å². The Bertz CT molecular complexity index is 1230. The summed E-state index contributed by atoms with van der Waals surface area (Å²) in [5.41, 5.74) is 1.05. The lowest BCUT2D eigenvalue weighted by atomic mass is 10.1. The summed E-state index contributed by atoms with van der Waals surface area (Å²) in [4.78, 5) is 35.9. The molecule has 0 aliphatic rings. The Kier molecular flexibility index (Phi) is 7.41. The summed E-state index contributed by atoms with van der Waals surface area (Å²) < 4.78 is 37.4. The third-order valence-corrected chi connectivity index (χ3v) is 6.05. The molecule has 1 amide bonds. The number of hydrogen-bond acceptors (Lipinski definition) is 7. The number of benzene rings is 2. The van der Waals surface area contributed by atoms with Crippen LogP contribution >= 0.6 is 0 Å². The van der Waals surface area contributed by atoms with Crippen molar-refractivity contribution in [3.63, 3.8) is 0 Å². The van der Waals surface area contributed by atoms with E-state index >= 15 is 0 Å². The highest BCUT2D eigenvalue weighted by molar-refractivity contribution is 7.89. The summed E-state index contributed by atoms with van der Waals surface area (Å²) in [6.45, 7) is 2.84. The minimum absolute atomic E-state index is 0.0107. The first-order valence-electron chi connectivity index (χ1n) is 9.90. The highest BCUT2D eigenvalue weighted by Gasteiger charge is 2.20. The molecule has 9 nitrogen and oxygen atoms in total. The van der Waals surface area contributed by atoms with Gasteiger partial charge in [-0.3, -0.25) is 9.59 Å². The van der Waals surface area contributed by atoms with Gasteiger partial charge in [-0.25, -0.2) is 17.9 Å². The van der Waals surface area contributed by atoms with Crippen molar-refractivity contribution in [3.05, 3.63) is 83.8 Å². The number of esters is 1. The highest BCUT2D eigenvalue weighted by atomic mass is 32.2. The number of furan rings is 1. The number of nitrogens with one attached hydrogen (secondary N) is 2. The number of ether oxygens (including phenoxy) is 1. The van der Waals surface area contributed by atoms with Gasteiger partial charge < -0.3 is 14.5 Å². The van der Waals surface area contributed by atoms with Gasteiger partial charge in [0.25, 0.3) is 5.91 Å². The lowest BCUT2D eigenvalue weighted by Crippen LogP contribution is -2.30. The van der Waals surface area contributed by atoms with E-state index in [1.807, 2.05) is 0 Å². The molecule has 0 saturated carbocycles. The molecule has 0 bridgehead atoms. The molecule has 1 heterocycles. The van der Waals surface area contributed by atoms with Crippen LogP contribution < -0.4 is 10.0 Å². The predicted molar refractivity (Wildman–Crippen MR) is 119 cm³/mol. The second-order valence-corrected chi connectivity index (χ2v) is 8.87. The zero-order valence-corrected chi connectivity index (χ0v) is 18.7. The van der Waals surface area contributed by atoms with E-state index in [9.17, 15) is 22.8 Å². The van der Waals surface area contributed by atoms with Crippen LogP contribution in [0.1, 0.15) is 40.3 Å². The highest BCUT2D eigenvalue weighted by Crippen LogP contribution is 2.14. The van der Waals surface area contributed by atoms with Crippen molar-refractivity contribution in [2.45, 2.75) is 31.4 Å². The first-order valence-corrected chi connectivity index (χ1v) is 11.4. The molecule has 0 aliphatic carbocycles. The van der Waals surface area contributed by atoms with Crippen LogP contribution in [0.25, 0.3) is 0 Å². The molecule has 0 saturated heterocycles. The first-order chi connectivity index (χ1) is 15.7. The van der Waals surface area contributed by atoms with E-state index in [2.05, 4.69) is 10.0 Å². The molecule has 0 radical (unpaired) electrons. The van der Waals surface area contributed by atoms with Gasteiger partial charge in [0, 0.05) is 11.3 Å². The molecule has 3 aromatic rings. The SMILES string of the molecule is CC(=O)c1ccc(NC(=O)C(C)OC(=O)c2ccc(S(=O)(=O)NCc3ccco3)cc2)cc1. The number of amides is 1. The number of rotatable bonds is 9. The van der Waals surface area contributed by atoms with Crippen molar-refractivity contribution < 1.29 is 32.0 Å². The minimum atomic E-state index is -3.81. The lowest BCUT2D eigenvalue weighted by Gasteiger charge is -2.14. The maximum atomic E-state index is 12.4. The molecular formula is C23H22N2O7S. The molecule has 1 atom stereocenters. The van der Waals surface area contributed by atoms with Gasteiger partial charge in [0.1, 0.15) is 5.76 Å². The van der Waals surface area contributed by atoms with Crippen LogP contribution in [0.5, 0.6) is 0 Å². The van der Waals surface area contributed by atoms with Crippen LogP contribution in [0.15, 0.2) is 76.2 Å². The second kappa shape index (κ2) is 10.2. The molecule has 1 aromatic heterocycles. The quantitative estimate of drug-likeness (QED) is 0.363. The summed E-state index contributed by atoms with van der Waals surface area (Å²) in [7, 11) is -3.81. The van der Waals surface area contributed by atoms with Gasteiger partial charge in [0.05, 0.1) is 23.3 Å². The molecule has 0 aliphatic heterocycles. The number of anilines is 1. The standard InChI is InChI=1S/C23H22N2O7S/c1-15(26)17-5-9-19(10-6-17)25-22(27)16(2)32-23(28)18-7-11-21(12-8-18)33(29,30)24-14-20-4-3-13-31-20/h3-13,16,24H,14H2,1-2H3,(H,25,27). The van der Waals surface area contributed by atoms with E-state index in [1.165, 1.54) is 44.4 Å². The topological polar surface area (TPSA) is 132 Å². The van der Waals surface area contributed by atoms with Gasteiger partial charge in [0.2, 0.25) is 10.0 Å². The Morgan fingerprint density at radius 1 is 0.970 bits per heavy atom. The summed E-state index contributed by atoms with van der Waals surface area (Å²) in [6, 6.07) is 14.7. The Morgan fingerprint density at radius 3 is 2.18 bits per heavy atom. The zero-order valence-electron chi connectivity index (χ0n) is 17.9. The molecule has 10 heteroatoms. The summed E-state index contributed by atoms with van der Waals surface area (Å²) in [5, 5.41) is 2.60. The van der Waals surface area contributed by atoms with Crippen molar-refractivity contribution in [1.29, 1.82) is 0 Å². The second-order valence-electron chi connectivity index (χ2n) is 7.10. The molecule has 172 valence electrons. The number of ketones is 1. The average Bonchev–Trinajstić information content (AvgIpc) is 3.32. The molecule has 33 heavy (non-hydrogen) atoms. The normalized spacial score (nSPS) is 12.1. The molecule has 0 spiro atoms. The maximum Gasteiger partial charge on any atom is 0.338 e. The van der Waals surface area contributed by atoms with E-state index in [0.717, 1.165) is 0 Å². The molecular weight excluding hydrogens is 448 g/mol. The monoisotopic (exact) mass is 470 g/mol. The van der Waals surface area contributed by atoms with Crippen molar-refractivity contribution >= 4 is 33.4 Å². The van der Waals surface area contributed by atoms with Crippen LogP contribution in [0.2, 0.25) is 0 Å². The van der Waals surface area contributed by atoms with Crippen LogP contribution in [0, 0.1) is 0 Å². The fourth-order valence-corrected chi connectivity index (χ4v) is 3.74. The third-order valence-electron chi connectivity index (χ3n) is 4.63. The predicted octanol–water partition coefficient (Wildman–Crippen LogP) is 3.14. The first kappa shape index (κ1) is 23.9. The van der Waals surface area contributed by atoms with Crippen LogP contribution in [-0.2, 0) is 26.1 Å². The molecule has 3 rings (SSSR count). The number of carbonyl (C=O) groups excluding carboxylic acids is 3. The molecule has 1 unspecified atom stereocenters. The molecule has 2 N–H and O–H groups in total. The number of Topliss-reactive ketones (excluding diaryl/α,β-unsaturated/α-hetero) is 1. The van der Waals surface area contributed by atoms with Crippen molar-refractivity contribution in [2.24, 2.45) is 0 Å². The van der Waals surface area contributed by atoms with Crippen molar-refractivity contribution in [1.82, 2.24) is 4.72 Å². The summed E-state index contributed by atoms with van der Waals surface area (Å²) in [6.07, 6.45) is 0.332. The molecule has 2 aromatic carbocycles. The van der Waals surface area contributed by atoms with Gasteiger partial charge in [-0.2, -0.15) is 0 Å². The average molecular weight is 471 g/mol. The van der Waals surface area contributed by atoms with E-state index in [4.69, 9.17) is 9.15 Å². The fraction of sp³-hybridized carbons (Fsp3) is 0.174. The smallest absolute Gasteiger partial charge is 0.338 e. The number of sulfonamides is 1. The maximum absolute atomic E-state index is 12.4. The van der Waals surface area contributed by atoms with E-state index < -0.39 is 28.0 Å². The lowest BCUT2D eigenvalue weighted by molar-refractivity contribution is -0.123. The Balaban J connectivity index is 1.56. The Morgan fingerprint density at radius 2 is 1.61 bits per heavy atom. The van der Waals surface area contributed by atoms with Crippen molar-refractivity contribution in [2.75, 3.05) is 5.32 Å². The van der Waals surface area contributed by atoms with Crippen LogP contribution in [-0.4, -0.2) is 32.2 Å². The summed E-state index contributed by atoms with van der Waals surface area (Å²) in [5.74, 6) is -0.972. The van der Waals surface area contributed by atoms with Crippen LogP contribution in [0.3, 0.4) is 0 Å². The van der Waals surface area contributed by atoms with E-state index in [-0.39, 0.29) is 22.8 Å². The zero-order chi connectivity index (χ0) is 24.0. The van der Waals surface area contributed by atoms with Gasteiger partial charge in [-0.1, -0.05) is 0 Å². The van der Waals surface area contributed by atoms with Gasteiger partial charge in [-0.05, 0) is 74.5 Å². The fourth-order valence-electron chi connectivity index (χ4n) is 2.75. The number of hydrogen-bond donors (Lipinski definition) is 2. The third kappa shape index (κ3) is 6.37. The van der Waals surface area contributed by atoms with Gasteiger partial charge >= 0.3 is 5.97 Å². The summed E-state index contributed by atoms with van der Waals surface area (Å²) >= 11 is 0. The van der Waals surface area contributed by atoms with Gasteiger partial charge in [-0.15, -0.1) is 0 Å².